The molecule has 1 saturated heterocycles. The second-order valence-corrected chi connectivity index (χ2v) is 11.5. The van der Waals surface area contributed by atoms with Gasteiger partial charge < -0.3 is 19.1 Å². The van der Waals surface area contributed by atoms with Crippen molar-refractivity contribution in [2.45, 2.75) is 39.7 Å². The molecule has 2 amide bonds. The minimum absolute atomic E-state index is 0.0219. The highest BCUT2D eigenvalue weighted by Crippen LogP contribution is 2.34. The highest BCUT2D eigenvalue weighted by atomic mass is 16.5. The van der Waals surface area contributed by atoms with Gasteiger partial charge in [0.15, 0.2) is 0 Å². The molecule has 1 fully saturated rings. The summed E-state index contributed by atoms with van der Waals surface area (Å²) < 4.78 is 16.2. The molecule has 0 bridgehead atoms. The van der Waals surface area contributed by atoms with E-state index < -0.39 is 0 Å². The standard InChI is InChI=1S/C31H42N4O5/c1-31(2,3)21-29(36)34(14-13-33-15-17-40-18-16-33)22-30(37)35-28(23-9-11-25(38-4)12-10-23)20-27(32-35)24-7-6-8-26(19-24)39-5/h6-12,19,28H,13-18,20-22H2,1-5H3/t28-/m0/s1. The summed E-state index contributed by atoms with van der Waals surface area (Å²) in [6.45, 7) is 10.3. The van der Waals surface area contributed by atoms with Crippen LogP contribution < -0.4 is 9.47 Å². The lowest BCUT2D eigenvalue weighted by Crippen LogP contribution is -2.47. The van der Waals surface area contributed by atoms with Crippen molar-refractivity contribution in [1.29, 1.82) is 0 Å². The van der Waals surface area contributed by atoms with E-state index >= 15 is 0 Å². The molecule has 2 aliphatic rings. The van der Waals surface area contributed by atoms with Gasteiger partial charge in [0.1, 0.15) is 18.0 Å². The maximum Gasteiger partial charge on any atom is 0.262 e. The maximum absolute atomic E-state index is 13.9. The molecule has 9 heteroatoms. The Morgan fingerprint density at radius 2 is 1.73 bits per heavy atom. The minimum atomic E-state index is -0.293. The number of hydrogen-bond donors (Lipinski definition) is 0. The Morgan fingerprint density at radius 1 is 1.02 bits per heavy atom. The molecule has 0 saturated carbocycles. The molecular weight excluding hydrogens is 508 g/mol. The molecule has 0 spiro atoms. The van der Waals surface area contributed by atoms with Crippen molar-refractivity contribution in [2.75, 3.05) is 60.2 Å². The van der Waals surface area contributed by atoms with Crippen LogP contribution >= 0.6 is 0 Å². The Labute approximate surface area is 237 Å². The summed E-state index contributed by atoms with van der Waals surface area (Å²) in [6, 6.07) is 15.1. The Bertz CT molecular complexity index is 1180. The van der Waals surface area contributed by atoms with Crippen LogP contribution in [0.3, 0.4) is 0 Å². The molecule has 2 aromatic carbocycles. The number of nitrogens with zero attached hydrogens (tertiary/aromatic N) is 4. The molecule has 4 rings (SSSR count). The Kier molecular flexibility index (Phi) is 9.81. The van der Waals surface area contributed by atoms with Gasteiger partial charge in [-0.15, -0.1) is 0 Å². The summed E-state index contributed by atoms with van der Waals surface area (Å²) in [6.07, 6.45) is 0.915. The molecule has 0 unspecified atom stereocenters. The van der Waals surface area contributed by atoms with Crippen LogP contribution in [0.15, 0.2) is 53.6 Å². The van der Waals surface area contributed by atoms with E-state index in [1.807, 2.05) is 69.3 Å². The molecule has 40 heavy (non-hydrogen) atoms. The predicted octanol–water partition coefficient (Wildman–Crippen LogP) is 3.98. The van der Waals surface area contributed by atoms with Crippen LogP contribution in [0.1, 0.15) is 50.8 Å². The fourth-order valence-electron chi connectivity index (χ4n) is 4.98. The molecule has 0 aliphatic carbocycles. The van der Waals surface area contributed by atoms with Gasteiger partial charge in [-0.1, -0.05) is 45.0 Å². The number of rotatable bonds is 10. The Morgan fingerprint density at radius 3 is 2.38 bits per heavy atom. The largest absolute Gasteiger partial charge is 0.497 e. The normalized spacial score (nSPS) is 17.9. The van der Waals surface area contributed by atoms with E-state index in [2.05, 4.69) is 4.90 Å². The SMILES string of the molecule is COc1ccc([C@@H]2CC(c3cccc(OC)c3)=NN2C(=O)CN(CCN2CCOCC2)C(=O)CC(C)(C)C)cc1. The molecular formula is C31H42N4O5. The van der Waals surface area contributed by atoms with Crippen molar-refractivity contribution in [3.05, 3.63) is 59.7 Å². The van der Waals surface area contributed by atoms with Gasteiger partial charge in [-0.25, -0.2) is 5.01 Å². The summed E-state index contributed by atoms with van der Waals surface area (Å²) in [4.78, 5) is 31.3. The quantitative estimate of drug-likeness (QED) is 0.445. The van der Waals surface area contributed by atoms with Gasteiger partial charge in [0.05, 0.1) is 39.2 Å². The van der Waals surface area contributed by atoms with E-state index in [1.165, 1.54) is 0 Å². The number of morpholine rings is 1. The van der Waals surface area contributed by atoms with Crippen LogP contribution in [-0.2, 0) is 14.3 Å². The molecule has 0 N–H and O–H groups in total. The number of carbonyl (C=O) groups excluding carboxylic acids is 2. The average Bonchev–Trinajstić information content (AvgIpc) is 3.40. The van der Waals surface area contributed by atoms with Gasteiger partial charge in [0.25, 0.3) is 5.91 Å². The van der Waals surface area contributed by atoms with Gasteiger partial charge in [0.2, 0.25) is 5.91 Å². The minimum Gasteiger partial charge on any atom is -0.497 e. The van der Waals surface area contributed by atoms with E-state index in [9.17, 15) is 9.59 Å². The molecule has 9 nitrogen and oxygen atoms in total. The van der Waals surface area contributed by atoms with Crippen LogP contribution in [0, 0.1) is 5.41 Å². The van der Waals surface area contributed by atoms with E-state index in [4.69, 9.17) is 19.3 Å². The smallest absolute Gasteiger partial charge is 0.262 e. The highest BCUT2D eigenvalue weighted by Gasteiger charge is 2.35. The van der Waals surface area contributed by atoms with E-state index in [0.29, 0.717) is 39.1 Å². The van der Waals surface area contributed by atoms with Crippen LogP contribution in [0.4, 0.5) is 0 Å². The highest BCUT2D eigenvalue weighted by molar-refractivity contribution is 6.03. The number of amides is 2. The van der Waals surface area contributed by atoms with Crippen LogP contribution in [-0.4, -0.2) is 92.5 Å². The van der Waals surface area contributed by atoms with Gasteiger partial charge in [-0.2, -0.15) is 5.10 Å². The second-order valence-electron chi connectivity index (χ2n) is 11.5. The lowest BCUT2D eigenvalue weighted by Gasteiger charge is -2.32. The summed E-state index contributed by atoms with van der Waals surface area (Å²) in [7, 11) is 3.26. The second kappa shape index (κ2) is 13.3. The first-order valence-electron chi connectivity index (χ1n) is 13.9. The van der Waals surface area contributed by atoms with Gasteiger partial charge in [-0.05, 0) is 35.2 Å². The first kappa shape index (κ1) is 29.6. The van der Waals surface area contributed by atoms with Crippen LogP contribution in [0.5, 0.6) is 11.5 Å². The third-order valence-electron chi connectivity index (χ3n) is 7.22. The van der Waals surface area contributed by atoms with Crippen molar-refractivity contribution in [3.8, 4) is 11.5 Å². The monoisotopic (exact) mass is 550 g/mol. The number of hydrogen-bond acceptors (Lipinski definition) is 7. The van der Waals surface area contributed by atoms with E-state index in [-0.39, 0.29) is 29.8 Å². The Hall–Kier alpha value is -3.43. The lowest BCUT2D eigenvalue weighted by atomic mass is 9.91. The molecule has 216 valence electrons. The third-order valence-corrected chi connectivity index (χ3v) is 7.22. The van der Waals surface area contributed by atoms with Gasteiger partial charge >= 0.3 is 0 Å². The topological polar surface area (TPSA) is 83.9 Å². The number of ether oxygens (including phenoxy) is 3. The van der Waals surface area contributed by atoms with Crippen molar-refractivity contribution >= 4 is 17.5 Å². The third kappa shape index (κ3) is 7.82. The maximum atomic E-state index is 13.9. The van der Waals surface area contributed by atoms with Gasteiger partial charge in [-0.3, -0.25) is 14.5 Å². The molecule has 2 aliphatic heterocycles. The summed E-state index contributed by atoms with van der Waals surface area (Å²) in [5.74, 6) is 1.25. The first-order valence-corrected chi connectivity index (χ1v) is 13.9. The number of benzene rings is 2. The lowest BCUT2D eigenvalue weighted by molar-refractivity contribution is -0.142. The molecule has 0 radical (unpaired) electrons. The van der Waals surface area contributed by atoms with E-state index in [0.717, 1.165) is 41.4 Å². The zero-order valence-electron chi connectivity index (χ0n) is 24.4. The Balaban J connectivity index is 1.59. The predicted molar refractivity (Wildman–Crippen MR) is 155 cm³/mol. The summed E-state index contributed by atoms with van der Waals surface area (Å²) in [5, 5.41) is 6.38. The van der Waals surface area contributed by atoms with Crippen molar-refractivity contribution in [1.82, 2.24) is 14.8 Å². The number of carbonyl (C=O) groups is 2. The van der Waals surface area contributed by atoms with E-state index in [1.54, 1.807) is 24.1 Å². The molecule has 2 aromatic rings. The fourth-order valence-corrected chi connectivity index (χ4v) is 4.98. The average molecular weight is 551 g/mol. The fraction of sp³-hybridized carbons (Fsp3) is 0.516. The summed E-state index contributed by atoms with van der Waals surface area (Å²) in [5.41, 5.74) is 2.47. The summed E-state index contributed by atoms with van der Waals surface area (Å²) >= 11 is 0. The van der Waals surface area contributed by atoms with Crippen LogP contribution in [0.25, 0.3) is 0 Å². The zero-order valence-corrected chi connectivity index (χ0v) is 24.4. The zero-order chi connectivity index (χ0) is 28.7. The van der Waals surface area contributed by atoms with Gasteiger partial charge in [0, 0.05) is 44.6 Å². The number of methoxy groups -OCH3 is 2. The van der Waals surface area contributed by atoms with Crippen molar-refractivity contribution in [3.63, 3.8) is 0 Å². The molecule has 1 atom stereocenters. The van der Waals surface area contributed by atoms with Crippen molar-refractivity contribution < 1.29 is 23.8 Å². The number of hydrazone groups is 1. The first-order chi connectivity index (χ1) is 19.2. The van der Waals surface area contributed by atoms with Crippen LogP contribution in [0.2, 0.25) is 0 Å². The molecule has 2 heterocycles. The van der Waals surface area contributed by atoms with Crippen molar-refractivity contribution in [2.24, 2.45) is 10.5 Å². The molecule has 0 aromatic heterocycles.